The van der Waals surface area contributed by atoms with Crippen molar-refractivity contribution in [2.45, 2.75) is 6.04 Å². The summed E-state index contributed by atoms with van der Waals surface area (Å²) in [6.45, 7) is 0.460. The average molecular weight is 182 g/mol. The number of nitrogens with zero attached hydrogens (tertiary/aromatic N) is 1. The third-order valence-electron chi connectivity index (χ3n) is 1.74. The molecule has 13 heavy (non-hydrogen) atoms. The molecule has 1 aromatic heterocycles. The average Bonchev–Trinajstić information content (AvgIpc) is 2.18. The minimum absolute atomic E-state index is 0.186. The van der Waals surface area contributed by atoms with Crippen LogP contribution in [0, 0.1) is 0 Å². The van der Waals surface area contributed by atoms with E-state index in [1.165, 1.54) is 0 Å². The van der Waals surface area contributed by atoms with E-state index in [1.54, 1.807) is 20.4 Å². The molecule has 0 bridgehead atoms. The minimum Gasteiger partial charge on any atom is -0.481 e. The van der Waals surface area contributed by atoms with Crippen molar-refractivity contribution in [3.63, 3.8) is 0 Å². The lowest BCUT2D eigenvalue weighted by Crippen LogP contribution is -2.17. The van der Waals surface area contributed by atoms with Crippen LogP contribution in [0.4, 0.5) is 0 Å². The van der Waals surface area contributed by atoms with E-state index in [0.29, 0.717) is 12.5 Å². The second-order valence-corrected chi connectivity index (χ2v) is 2.66. The Balaban J connectivity index is 2.85. The number of pyridine rings is 1. The Hall–Kier alpha value is -1.13. The normalized spacial score (nSPS) is 12.5. The highest BCUT2D eigenvalue weighted by atomic mass is 16.5. The molecule has 1 rings (SSSR count). The number of methoxy groups -OCH3 is 2. The molecule has 0 aliphatic rings. The summed E-state index contributed by atoms with van der Waals surface area (Å²) >= 11 is 0. The highest BCUT2D eigenvalue weighted by molar-refractivity contribution is 5.28. The van der Waals surface area contributed by atoms with Crippen LogP contribution >= 0.6 is 0 Å². The maximum absolute atomic E-state index is 5.84. The molecule has 4 nitrogen and oxygen atoms in total. The smallest absolute Gasteiger partial charge is 0.217 e. The van der Waals surface area contributed by atoms with Crippen LogP contribution in [-0.4, -0.2) is 25.8 Å². The summed E-state index contributed by atoms with van der Waals surface area (Å²) in [5, 5.41) is 0. The molecule has 1 unspecified atom stereocenters. The molecular formula is C9H14N2O2. The van der Waals surface area contributed by atoms with E-state index >= 15 is 0 Å². The summed E-state index contributed by atoms with van der Waals surface area (Å²) in [7, 11) is 3.19. The van der Waals surface area contributed by atoms with Crippen LogP contribution in [0.15, 0.2) is 18.3 Å². The first-order valence-electron chi connectivity index (χ1n) is 4.03. The summed E-state index contributed by atoms with van der Waals surface area (Å²) in [6, 6.07) is 3.52. The first kappa shape index (κ1) is 9.95. The molecule has 0 radical (unpaired) electrons. The van der Waals surface area contributed by atoms with E-state index in [4.69, 9.17) is 15.2 Å². The third-order valence-corrected chi connectivity index (χ3v) is 1.74. The summed E-state index contributed by atoms with van der Waals surface area (Å²) in [5.74, 6) is 0.562. The van der Waals surface area contributed by atoms with Gasteiger partial charge in [-0.2, -0.15) is 0 Å². The van der Waals surface area contributed by atoms with Gasteiger partial charge in [0.25, 0.3) is 0 Å². The zero-order chi connectivity index (χ0) is 9.68. The van der Waals surface area contributed by atoms with Crippen LogP contribution in [-0.2, 0) is 4.74 Å². The molecule has 4 heteroatoms. The van der Waals surface area contributed by atoms with E-state index in [1.807, 2.05) is 12.1 Å². The fourth-order valence-corrected chi connectivity index (χ4v) is 1.13. The third kappa shape index (κ3) is 2.40. The summed E-state index contributed by atoms with van der Waals surface area (Å²) in [4.78, 5) is 4.04. The molecule has 0 saturated heterocycles. The largest absolute Gasteiger partial charge is 0.481 e. The van der Waals surface area contributed by atoms with Crippen molar-refractivity contribution in [2.24, 2.45) is 5.73 Å². The van der Waals surface area contributed by atoms with E-state index < -0.39 is 0 Å². The standard InChI is InChI=1S/C9H14N2O2/c1-12-6-8(10)7-4-3-5-11-9(7)13-2/h3-5,8H,6,10H2,1-2H3. The highest BCUT2D eigenvalue weighted by Gasteiger charge is 2.11. The number of ether oxygens (including phenoxy) is 2. The van der Waals surface area contributed by atoms with Crippen molar-refractivity contribution in [1.82, 2.24) is 4.98 Å². The van der Waals surface area contributed by atoms with Gasteiger partial charge in [0.2, 0.25) is 5.88 Å². The lowest BCUT2D eigenvalue weighted by atomic mass is 10.1. The molecule has 0 spiro atoms. The highest BCUT2D eigenvalue weighted by Crippen LogP contribution is 2.20. The number of hydrogen-bond acceptors (Lipinski definition) is 4. The predicted molar refractivity (Wildman–Crippen MR) is 49.6 cm³/mol. The van der Waals surface area contributed by atoms with Crippen LogP contribution in [0.2, 0.25) is 0 Å². The van der Waals surface area contributed by atoms with E-state index in [9.17, 15) is 0 Å². The molecule has 0 amide bonds. The van der Waals surface area contributed by atoms with Crippen LogP contribution in [0.25, 0.3) is 0 Å². The lowest BCUT2D eigenvalue weighted by Gasteiger charge is -2.13. The van der Waals surface area contributed by atoms with Gasteiger partial charge in [-0.05, 0) is 6.07 Å². The van der Waals surface area contributed by atoms with Crippen molar-refractivity contribution in [1.29, 1.82) is 0 Å². The van der Waals surface area contributed by atoms with Crippen molar-refractivity contribution >= 4 is 0 Å². The van der Waals surface area contributed by atoms with Gasteiger partial charge >= 0.3 is 0 Å². The number of nitrogens with two attached hydrogens (primary N) is 1. The fourth-order valence-electron chi connectivity index (χ4n) is 1.13. The van der Waals surface area contributed by atoms with Gasteiger partial charge in [-0.1, -0.05) is 6.07 Å². The molecular weight excluding hydrogens is 168 g/mol. The molecule has 0 saturated carbocycles. The molecule has 2 N–H and O–H groups in total. The minimum atomic E-state index is -0.186. The van der Waals surface area contributed by atoms with Gasteiger partial charge in [-0.25, -0.2) is 4.98 Å². The Morgan fingerprint density at radius 3 is 2.92 bits per heavy atom. The zero-order valence-electron chi connectivity index (χ0n) is 7.86. The van der Waals surface area contributed by atoms with Crippen molar-refractivity contribution < 1.29 is 9.47 Å². The van der Waals surface area contributed by atoms with Crippen molar-refractivity contribution in [2.75, 3.05) is 20.8 Å². The molecule has 0 aliphatic carbocycles. The molecule has 0 aromatic carbocycles. The molecule has 0 fully saturated rings. The summed E-state index contributed by atoms with van der Waals surface area (Å²) < 4.78 is 10.0. The molecule has 1 aromatic rings. The number of aromatic nitrogens is 1. The fraction of sp³-hybridized carbons (Fsp3) is 0.444. The Morgan fingerprint density at radius 1 is 1.54 bits per heavy atom. The number of rotatable bonds is 4. The summed E-state index contributed by atoms with van der Waals surface area (Å²) in [5.41, 5.74) is 6.70. The van der Waals surface area contributed by atoms with Crippen molar-refractivity contribution in [3.8, 4) is 5.88 Å². The van der Waals surface area contributed by atoms with Gasteiger partial charge in [0.15, 0.2) is 0 Å². The summed E-state index contributed by atoms with van der Waals surface area (Å²) in [6.07, 6.45) is 1.67. The second kappa shape index (κ2) is 4.79. The Morgan fingerprint density at radius 2 is 2.31 bits per heavy atom. The van der Waals surface area contributed by atoms with Crippen LogP contribution in [0.1, 0.15) is 11.6 Å². The van der Waals surface area contributed by atoms with E-state index in [-0.39, 0.29) is 6.04 Å². The van der Waals surface area contributed by atoms with Crippen LogP contribution in [0.3, 0.4) is 0 Å². The lowest BCUT2D eigenvalue weighted by molar-refractivity contribution is 0.179. The first-order chi connectivity index (χ1) is 6.29. The van der Waals surface area contributed by atoms with Gasteiger partial charge in [0.1, 0.15) is 0 Å². The Labute approximate surface area is 77.7 Å². The van der Waals surface area contributed by atoms with Crippen molar-refractivity contribution in [3.05, 3.63) is 23.9 Å². The van der Waals surface area contributed by atoms with Gasteiger partial charge in [0, 0.05) is 18.9 Å². The number of hydrogen-bond donors (Lipinski definition) is 1. The van der Waals surface area contributed by atoms with Crippen LogP contribution < -0.4 is 10.5 Å². The van der Waals surface area contributed by atoms with Gasteiger partial charge in [-0.15, -0.1) is 0 Å². The maximum atomic E-state index is 5.84. The van der Waals surface area contributed by atoms with E-state index in [0.717, 1.165) is 5.56 Å². The zero-order valence-corrected chi connectivity index (χ0v) is 7.86. The van der Waals surface area contributed by atoms with Crippen LogP contribution in [0.5, 0.6) is 5.88 Å². The molecule has 1 atom stereocenters. The maximum Gasteiger partial charge on any atom is 0.217 e. The Kier molecular flexibility index (Phi) is 3.67. The SMILES string of the molecule is COCC(N)c1cccnc1OC. The topological polar surface area (TPSA) is 57.4 Å². The molecule has 1 heterocycles. The van der Waals surface area contributed by atoms with E-state index in [2.05, 4.69) is 4.98 Å². The quantitative estimate of drug-likeness (QED) is 0.746. The van der Waals surface area contributed by atoms with Gasteiger partial charge < -0.3 is 15.2 Å². The monoisotopic (exact) mass is 182 g/mol. The van der Waals surface area contributed by atoms with Gasteiger partial charge in [0.05, 0.1) is 19.8 Å². The predicted octanol–water partition coefficient (Wildman–Crippen LogP) is 0.736. The van der Waals surface area contributed by atoms with Gasteiger partial charge in [-0.3, -0.25) is 0 Å². The first-order valence-corrected chi connectivity index (χ1v) is 4.03. The molecule has 72 valence electrons. The second-order valence-electron chi connectivity index (χ2n) is 2.66. The Bertz CT molecular complexity index is 266. The molecule has 0 aliphatic heterocycles.